The monoisotopic (exact) mass is 240 g/mol. The number of hydrogen-bond acceptors (Lipinski definition) is 3. The number of carbonyl (C=O) groups is 2. The molecule has 0 aromatic heterocycles. The smallest absolute Gasteiger partial charge is 0.305 e. The Bertz CT molecular complexity index is 281. The number of Topliss-reactive ketones (excluding diaryl/α,β-unsaturated/α-hetero) is 1. The third-order valence-corrected chi connectivity index (χ3v) is 3.63. The van der Waals surface area contributed by atoms with E-state index in [2.05, 4.69) is 0 Å². The van der Waals surface area contributed by atoms with Crippen molar-refractivity contribution in [3.05, 3.63) is 0 Å². The van der Waals surface area contributed by atoms with E-state index in [0.29, 0.717) is 18.8 Å². The van der Waals surface area contributed by atoms with Crippen LogP contribution in [0.25, 0.3) is 0 Å². The summed E-state index contributed by atoms with van der Waals surface area (Å²) in [6.45, 7) is 6.32. The van der Waals surface area contributed by atoms with E-state index in [-0.39, 0.29) is 17.3 Å². The Balaban J connectivity index is 2.32. The van der Waals surface area contributed by atoms with E-state index in [1.54, 1.807) is 0 Å². The molecule has 0 bridgehead atoms. The molecule has 1 aliphatic carbocycles. The van der Waals surface area contributed by atoms with Crippen LogP contribution in [-0.4, -0.2) is 18.4 Å². The third-order valence-electron chi connectivity index (χ3n) is 3.63. The molecule has 1 fully saturated rings. The largest absolute Gasteiger partial charge is 0.466 e. The van der Waals surface area contributed by atoms with Gasteiger partial charge in [0.15, 0.2) is 0 Å². The fourth-order valence-electron chi connectivity index (χ4n) is 2.60. The van der Waals surface area contributed by atoms with E-state index in [9.17, 15) is 9.59 Å². The fourth-order valence-corrected chi connectivity index (χ4v) is 2.60. The summed E-state index contributed by atoms with van der Waals surface area (Å²) >= 11 is 0. The lowest BCUT2D eigenvalue weighted by molar-refractivity contribution is -0.143. The van der Waals surface area contributed by atoms with Gasteiger partial charge in [0, 0.05) is 17.8 Å². The predicted molar refractivity (Wildman–Crippen MR) is 66.6 cm³/mol. The van der Waals surface area contributed by atoms with E-state index in [4.69, 9.17) is 4.74 Å². The van der Waals surface area contributed by atoms with Gasteiger partial charge < -0.3 is 4.74 Å². The summed E-state index contributed by atoms with van der Waals surface area (Å²) in [5.74, 6) is 0.399. The first kappa shape index (κ1) is 14.2. The maximum absolute atomic E-state index is 12.1. The molecule has 3 nitrogen and oxygen atoms in total. The second-order valence-corrected chi connectivity index (χ2v) is 5.53. The van der Waals surface area contributed by atoms with Crippen molar-refractivity contribution in [2.75, 3.05) is 6.61 Å². The number of carbonyl (C=O) groups excluding carboxylic acids is 2. The van der Waals surface area contributed by atoms with Crippen LogP contribution >= 0.6 is 0 Å². The van der Waals surface area contributed by atoms with Crippen molar-refractivity contribution in [1.82, 2.24) is 0 Å². The van der Waals surface area contributed by atoms with Gasteiger partial charge in [-0.05, 0) is 32.6 Å². The van der Waals surface area contributed by atoms with E-state index < -0.39 is 0 Å². The quantitative estimate of drug-likeness (QED) is 0.693. The Labute approximate surface area is 104 Å². The number of ketones is 1. The molecular weight excluding hydrogens is 216 g/mol. The van der Waals surface area contributed by atoms with E-state index >= 15 is 0 Å². The first-order chi connectivity index (χ1) is 7.97. The maximum Gasteiger partial charge on any atom is 0.305 e. The van der Waals surface area contributed by atoms with Gasteiger partial charge in [0.25, 0.3) is 0 Å². The zero-order valence-corrected chi connectivity index (χ0v) is 11.3. The molecule has 0 aliphatic heterocycles. The lowest BCUT2D eigenvalue weighted by Gasteiger charge is -2.33. The minimum absolute atomic E-state index is 0.144. The maximum atomic E-state index is 12.1. The molecule has 1 saturated carbocycles. The van der Waals surface area contributed by atoms with Gasteiger partial charge in [0.2, 0.25) is 0 Å². The fraction of sp³-hybridized carbons (Fsp3) is 0.857. The molecule has 0 spiro atoms. The van der Waals surface area contributed by atoms with Crippen LogP contribution in [0.1, 0.15) is 59.3 Å². The molecule has 0 aromatic carbocycles. The van der Waals surface area contributed by atoms with E-state index in [1.807, 2.05) is 20.8 Å². The van der Waals surface area contributed by atoms with Crippen LogP contribution in [0.4, 0.5) is 0 Å². The van der Waals surface area contributed by atoms with Crippen molar-refractivity contribution in [3.8, 4) is 0 Å². The van der Waals surface area contributed by atoms with Crippen LogP contribution in [0, 0.1) is 11.3 Å². The van der Waals surface area contributed by atoms with Crippen LogP contribution < -0.4 is 0 Å². The Morgan fingerprint density at radius 2 is 2.18 bits per heavy atom. The number of ether oxygens (including phenoxy) is 1. The number of hydrogen-bond donors (Lipinski definition) is 0. The van der Waals surface area contributed by atoms with Gasteiger partial charge in [-0.1, -0.05) is 20.3 Å². The molecule has 1 unspecified atom stereocenters. The minimum atomic E-state index is -0.160. The average Bonchev–Trinajstić information content (AvgIpc) is 2.24. The van der Waals surface area contributed by atoms with Crippen molar-refractivity contribution in [1.29, 1.82) is 0 Å². The van der Waals surface area contributed by atoms with Gasteiger partial charge in [0.1, 0.15) is 5.78 Å². The van der Waals surface area contributed by atoms with Crippen molar-refractivity contribution >= 4 is 11.8 Å². The van der Waals surface area contributed by atoms with Gasteiger partial charge in [-0.25, -0.2) is 0 Å². The second-order valence-electron chi connectivity index (χ2n) is 5.53. The summed E-state index contributed by atoms with van der Waals surface area (Å²) in [4.78, 5) is 23.3. The normalized spacial score (nSPS) is 23.5. The molecule has 3 heteroatoms. The Hall–Kier alpha value is -0.860. The molecule has 17 heavy (non-hydrogen) atoms. The molecule has 0 heterocycles. The van der Waals surface area contributed by atoms with Crippen molar-refractivity contribution in [2.24, 2.45) is 11.3 Å². The standard InChI is InChI=1S/C14H24O3/c1-4-17-12(15)9-5-7-11-8-6-10-14(2,3)13(11)16/h11H,4-10H2,1-3H3. The molecule has 1 atom stereocenters. The van der Waals surface area contributed by atoms with Crippen LogP contribution in [0.5, 0.6) is 0 Å². The summed E-state index contributed by atoms with van der Waals surface area (Å²) in [7, 11) is 0. The summed E-state index contributed by atoms with van der Waals surface area (Å²) in [6.07, 6.45) is 5.17. The topological polar surface area (TPSA) is 43.4 Å². The molecule has 0 saturated heterocycles. The van der Waals surface area contributed by atoms with Crippen molar-refractivity contribution in [3.63, 3.8) is 0 Å². The molecule has 1 rings (SSSR count). The Morgan fingerprint density at radius 3 is 2.82 bits per heavy atom. The lowest BCUT2D eigenvalue weighted by Crippen LogP contribution is -2.35. The first-order valence-electron chi connectivity index (χ1n) is 6.67. The van der Waals surface area contributed by atoms with Crippen molar-refractivity contribution in [2.45, 2.75) is 59.3 Å². The van der Waals surface area contributed by atoms with Crippen LogP contribution in [0.3, 0.4) is 0 Å². The Kier molecular flexibility index (Phi) is 5.16. The van der Waals surface area contributed by atoms with Crippen LogP contribution in [0.2, 0.25) is 0 Å². The molecule has 0 aromatic rings. The highest BCUT2D eigenvalue weighted by molar-refractivity contribution is 5.87. The van der Waals surface area contributed by atoms with E-state index in [0.717, 1.165) is 32.1 Å². The molecular formula is C14H24O3. The highest BCUT2D eigenvalue weighted by Crippen LogP contribution is 2.37. The zero-order valence-electron chi connectivity index (χ0n) is 11.3. The molecule has 0 N–H and O–H groups in total. The lowest BCUT2D eigenvalue weighted by atomic mass is 9.70. The van der Waals surface area contributed by atoms with Crippen LogP contribution in [-0.2, 0) is 14.3 Å². The van der Waals surface area contributed by atoms with Gasteiger partial charge in [-0.3, -0.25) is 9.59 Å². The molecule has 98 valence electrons. The van der Waals surface area contributed by atoms with Crippen molar-refractivity contribution < 1.29 is 14.3 Å². The summed E-state index contributed by atoms with van der Waals surface area (Å²) in [5.41, 5.74) is -0.160. The summed E-state index contributed by atoms with van der Waals surface area (Å²) in [6, 6.07) is 0. The third kappa shape index (κ3) is 4.14. The van der Waals surface area contributed by atoms with Gasteiger partial charge >= 0.3 is 5.97 Å². The molecule has 0 amide bonds. The summed E-state index contributed by atoms with van der Waals surface area (Å²) in [5, 5.41) is 0. The highest BCUT2D eigenvalue weighted by Gasteiger charge is 2.36. The SMILES string of the molecule is CCOC(=O)CCCC1CCCC(C)(C)C1=O. The second kappa shape index (κ2) is 6.18. The molecule has 1 aliphatic rings. The van der Waals surface area contributed by atoms with Crippen LogP contribution in [0.15, 0.2) is 0 Å². The predicted octanol–water partition coefficient (Wildman–Crippen LogP) is 3.12. The van der Waals surface area contributed by atoms with Gasteiger partial charge in [-0.2, -0.15) is 0 Å². The Morgan fingerprint density at radius 1 is 1.47 bits per heavy atom. The first-order valence-corrected chi connectivity index (χ1v) is 6.67. The molecule has 0 radical (unpaired) electrons. The highest BCUT2D eigenvalue weighted by atomic mass is 16.5. The summed E-state index contributed by atoms with van der Waals surface area (Å²) < 4.78 is 4.88. The van der Waals surface area contributed by atoms with Gasteiger partial charge in [-0.15, -0.1) is 0 Å². The minimum Gasteiger partial charge on any atom is -0.466 e. The zero-order chi connectivity index (χ0) is 12.9. The van der Waals surface area contributed by atoms with Gasteiger partial charge in [0.05, 0.1) is 6.61 Å². The average molecular weight is 240 g/mol. The number of esters is 1. The number of rotatable bonds is 5. The van der Waals surface area contributed by atoms with E-state index in [1.165, 1.54) is 0 Å².